The molecule has 0 radical (unpaired) electrons. The number of anilines is 1. The monoisotopic (exact) mass is 310 g/mol. The lowest BCUT2D eigenvalue weighted by molar-refractivity contribution is -0.117. The molecule has 1 unspecified atom stereocenters. The van der Waals surface area contributed by atoms with Crippen LogP contribution in [0.3, 0.4) is 0 Å². The van der Waals surface area contributed by atoms with Crippen molar-refractivity contribution < 1.29 is 13.2 Å². The maximum Gasteiger partial charge on any atom is 0.244 e. The van der Waals surface area contributed by atoms with E-state index in [0.717, 1.165) is 11.0 Å². The van der Waals surface area contributed by atoms with Crippen molar-refractivity contribution in [3.05, 3.63) is 24.3 Å². The Balaban J connectivity index is 2.03. The molecule has 0 bridgehead atoms. The number of sulfonamides is 1. The number of benzene rings is 1. The van der Waals surface area contributed by atoms with E-state index in [9.17, 15) is 13.2 Å². The molecule has 21 heavy (non-hydrogen) atoms. The highest BCUT2D eigenvalue weighted by atomic mass is 32.2. The van der Waals surface area contributed by atoms with Crippen molar-refractivity contribution in [1.82, 2.24) is 14.7 Å². The minimum Gasteiger partial charge on any atom is -0.324 e. The molecule has 1 heterocycles. The van der Waals surface area contributed by atoms with Gasteiger partial charge in [-0.2, -0.15) is 0 Å². The molecule has 0 aliphatic rings. The third-order valence-electron chi connectivity index (χ3n) is 2.85. The van der Waals surface area contributed by atoms with Crippen LogP contribution >= 0.6 is 0 Å². The van der Waals surface area contributed by atoms with Gasteiger partial charge in [0.05, 0.1) is 22.8 Å². The number of H-pyrrole nitrogens is 1. The second-order valence-corrected chi connectivity index (χ2v) is 6.62. The molecule has 0 fully saturated rings. The van der Waals surface area contributed by atoms with E-state index in [-0.39, 0.29) is 5.75 Å². The number of aromatic nitrogens is 2. The van der Waals surface area contributed by atoms with Gasteiger partial charge in [0, 0.05) is 0 Å². The summed E-state index contributed by atoms with van der Waals surface area (Å²) in [5.41, 5.74) is 1.53. The fourth-order valence-electron chi connectivity index (χ4n) is 1.89. The summed E-state index contributed by atoms with van der Waals surface area (Å²) in [6, 6.07) is 6.49. The highest BCUT2D eigenvalue weighted by molar-refractivity contribution is 7.89. The second kappa shape index (κ2) is 6.23. The number of amides is 1. The normalized spacial score (nSPS) is 13.2. The molecule has 0 saturated heterocycles. The van der Waals surface area contributed by atoms with E-state index in [2.05, 4.69) is 20.0 Å². The zero-order valence-corrected chi connectivity index (χ0v) is 12.7. The predicted molar refractivity (Wildman–Crippen MR) is 81.4 cm³/mol. The molecular weight excluding hydrogens is 292 g/mol. The number of aromatic amines is 1. The number of nitrogens with zero attached hydrogens (tertiary/aromatic N) is 1. The first-order valence-electron chi connectivity index (χ1n) is 6.67. The Bertz CT molecular complexity index is 706. The van der Waals surface area contributed by atoms with Crippen molar-refractivity contribution in [2.75, 3.05) is 11.1 Å². The lowest BCUT2D eigenvalue weighted by Crippen LogP contribution is -2.42. The van der Waals surface area contributed by atoms with Gasteiger partial charge in [-0.05, 0) is 25.5 Å². The highest BCUT2D eigenvalue weighted by Gasteiger charge is 2.20. The van der Waals surface area contributed by atoms with Gasteiger partial charge < -0.3 is 4.98 Å². The molecule has 0 aliphatic heterocycles. The van der Waals surface area contributed by atoms with Gasteiger partial charge in [0.25, 0.3) is 0 Å². The smallest absolute Gasteiger partial charge is 0.244 e. The van der Waals surface area contributed by atoms with E-state index in [0.29, 0.717) is 12.4 Å². The Morgan fingerprint density at radius 1 is 1.38 bits per heavy atom. The minimum absolute atomic E-state index is 0.00470. The van der Waals surface area contributed by atoms with Crippen LogP contribution in [-0.4, -0.2) is 36.1 Å². The molecule has 1 aromatic carbocycles. The highest BCUT2D eigenvalue weighted by Crippen LogP contribution is 2.13. The lowest BCUT2D eigenvalue weighted by atomic mass is 10.3. The summed E-state index contributed by atoms with van der Waals surface area (Å²) in [4.78, 5) is 19.1. The summed E-state index contributed by atoms with van der Waals surface area (Å²) < 4.78 is 25.6. The van der Waals surface area contributed by atoms with Gasteiger partial charge in [-0.1, -0.05) is 19.1 Å². The van der Waals surface area contributed by atoms with Crippen molar-refractivity contribution in [1.29, 1.82) is 0 Å². The van der Waals surface area contributed by atoms with Gasteiger partial charge in [-0.3, -0.25) is 10.1 Å². The minimum atomic E-state index is -3.43. The molecule has 1 amide bonds. The molecule has 1 aromatic heterocycles. The average molecular weight is 310 g/mol. The number of rotatable bonds is 6. The zero-order valence-electron chi connectivity index (χ0n) is 11.9. The van der Waals surface area contributed by atoms with Crippen LogP contribution < -0.4 is 10.0 Å². The molecule has 114 valence electrons. The van der Waals surface area contributed by atoms with Crippen LogP contribution in [0.2, 0.25) is 0 Å². The Kier molecular flexibility index (Phi) is 4.59. The summed E-state index contributed by atoms with van der Waals surface area (Å²) in [7, 11) is -3.43. The Morgan fingerprint density at radius 3 is 2.76 bits per heavy atom. The van der Waals surface area contributed by atoms with Gasteiger partial charge in [0.15, 0.2) is 0 Å². The molecule has 0 aliphatic carbocycles. The molecule has 3 N–H and O–H groups in total. The van der Waals surface area contributed by atoms with E-state index >= 15 is 0 Å². The first kappa shape index (κ1) is 15.5. The SMILES string of the molecule is CCCS(=O)(=O)NC(C)C(=O)Nc1nc2ccccc2[nH]1. The van der Waals surface area contributed by atoms with Crippen LogP contribution in [0, 0.1) is 0 Å². The molecule has 0 spiro atoms. The maximum atomic E-state index is 12.0. The number of carbonyl (C=O) groups is 1. The number of hydrogen-bond acceptors (Lipinski definition) is 4. The molecule has 7 nitrogen and oxygen atoms in total. The van der Waals surface area contributed by atoms with Gasteiger partial charge in [-0.25, -0.2) is 18.1 Å². The van der Waals surface area contributed by atoms with Crippen LogP contribution in [0.5, 0.6) is 0 Å². The Labute approximate surface area is 123 Å². The van der Waals surface area contributed by atoms with E-state index in [1.54, 1.807) is 6.92 Å². The van der Waals surface area contributed by atoms with Crippen LogP contribution in [0.1, 0.15) is 20.3 Å². The standard InChI is InChI=1S/C13H18N4O3S/c1-3-8-21(19,20)17-9(2)12(18)16-13-14-10-6-4-5-7-11(10)15-13/h4-7,9,17H,3,8H2,1-2H3,(H2,14,15,16,18). The van der Waals surface area contributed by atoms with Crippen molar-refractivity contribution in [2.45, 2.75) is 26.3 Å². The van der Waals surface area contributed by atoms with Crippen LogP contribution in [0.15, 0.2) is 24.3 Å². The zero-order chi connectivity index (χ0) is 15.5. The van der Waals surface area contributed by atoms with E-state index < -0.39 is 22.0 Å². The van der Waals surface area contributed by atoms with Gasteiger partial charge >= 0.3 is 0 Å². The van der Waals surface area contributed by atoms with E-state index in [1.807, 2.05) is 24.3 Å². The molecule has 2 aromatic rings. The molecular formula is C13H18N4O3S. The first-order chi connectivity index (χ1) is 9.91. The van der Waals surface area contributed by atoms with Crippen molar-refractivity contribution in [2.24, 2.45) is 0 Å². The second-order valence-electron chi connectivity index (χ2n) is 4.75. The summed E-state index contributed by atoms with van der Waals surface area (Å²) in [5.74, 6) is -0.175. The summed E-state index contributed by atoms with van der Waals surface area (Å²) in [6.07, 6.45) is 0.493. The van der Waals surface area contributed by atoms with Gasteiger partial charge in [-0.15, -0.1) is 0 Å². The topological polar surface area (TPSA) is 104 Å². The number of para-hydroxylation sites is 2. The van der Waals surface area contributed by atoms with E-state index in [1.165, 1.54) is 6.92 Å². The van der Waals surface area contributed by atoms with Crippen molar-refractivity contribution >= 4 is 32.9 Å². The predicted octanol–water partition coefficient (Wildman–Crippen LogP) is 1.22. The fraction of sp³-hybridized carbons (Fsp3) is 0.385. The average Bonchev–Trinajstić information content (AvgIpc) is 2.79. The fourth-order valence-corrected chi connectivity index (χ4v) is 3.19. The van der Waals surface area contributed by atoms with Crippen molar-refractivity contribution in [3.63, 3.8) is 0 Å². The molecule has 2 rings (SSSR count). The number of hydrogen-bond donors (Lipinski definition) is 3. The van der Waals surface area contributed by atoms with Crippen molar-refractivity contribution in [3.8, 4) is 0 Å². The molecule has 1 atom stereocenters. The number of nitrogens with one attached hydrogen (secondary N) is 3. The van der Waals surface area contributed by atoms with E-state index in [4.69, 9.17) is 0 Å². The molecule has 0 saturated carbocycles. The summed E-state index contributed by atoms with van der Waals surface area (Å²) in [6.45, 7) is 3.25. The van der Waals surface area contributed by atoms with Crippen LogP contribution in [0.25, 0.3) is 11.0 Å². The first-order valence-corrected chi connectivity index (χ1v) is 8.32. The van der Waals surface area contributed by atoms with Gasteiger partial charge in [0.2, 0.25) is 21.9 Å². The number of fused-ring (bicyclic) bond motifs is 1. The third kappa shape index (κ3) is 4.02. The number of imidazole rings is 1. The van der Waals surface area contributed by atoms with Crippen LogP contribution in [-0.2, 0) is 14.8 Å². The summed E-state index contributed by atoms with van der Waals surface area (Å²) in [5, 5.41) is 2.56. The number of carbonyl (C=O) groups excluding carboxylic acids is 1. The summed E-state index contributed by atoms with van der Waals surface area (Å²) >= 11 is 0. The Morgan fingerprint density at radius 2 is 2.10 bits per heavy atom. The lowest BCUT2D eigenvalue weighted by Gasteiger charge is -2.12. The quantitative estimate of drug-likeness (QED) is 0.746. The van der Waals surface area contributed by atoms with Crippen LogP contribution in [0.4, 0.5) is 5.95 Å². The molecule has 8 heteroatoms. The van der Waals surface area contributed by atoms with Gasteiger partial charge in [0.1, 0.15) is 0 Å². The Hall–Kier alpha value is -1.93. The third-order valence-corrected chi connectivity index (χ3v) is 4.51. The largest absolute Gasteiger partial charge is 0.324 e. The maximum absolute atomic E-state index is 12.0.